The summed E-state index contributed by atoms with van der Waals surface area (Å²) in [4.78, 5) is 0. The van der Waals surface area contributed by atoms with Gasteiger partial charge in [0.2, 0.25) is 0 Å². The van der Waals surface area contributed by atoms with E-state index in [1.54, 1.807) is 0 Å². The normalized spacial score (nSPS) is 10.5. The topological polar surface area (TPSA) is 40.5 Å². The summed E-state index contributed by atoms with van der Waals surface area (Å²) in [5.74, 6) is 0. The van der Waals surface area contributed by atoms with Crippen LogP contribution in [0.3, 0.4) is 0 Å². The van der Waals surface area contributed by atoms with E-state index in [-0.39, 0.29) is 0 Å². The Bertz CT molecular complexity index is 51.3. The molecule has 8 heavy (non-hydrogen) atoms. The van der Waals surface area contributed by atoms with E-state index in [0.29, 0.717) is 6.42 Å². The number of hydrogen-bond donors (Lipinski definition) is 2. The van der Waals surface area contributed by atoms with E-state index in [9.17, 15) is 0 Å². The van der Waals surface area contributed by atoms with Gasteiger partial charge in [-0.1, -0.05) is 0 Å². The number of halogens is 1. The number of hydrogen-bond acceptors (Lipinski definition) is 2. The Hall–Kier alpha value is 1.01. The van der Waals surface area contributed by atoms with Crippen molar-refractivity contribution in [2.45, 2.75) is 23.6 Å². The summed E-state index contributed by atoms with van der Waals surface area (Å²) in [6.45, 7) is 0. The van der Waals surface area contributed by atoms with Gasteiger partial charge in [-0.05, 0) is 0 Å². The predicted octanol–water partition coefficient (Wildman–Crippen LogP) is 0.354. The van der Waals surface area contributed by atoms with Gasteiger partial charge >= 0.3 is 62.7 Å². The van der Waals surface area contributed by atoms with Crippen LogP contribution >= 0.6 is 8.92 Å². The van der Waals surface area contributed by atoms with Crippen LogP contribution in [0.5, 0.6) is 0 Å². The van der Waals surface area contributed by atoms with Crippen LogP contribution in [0.2, 0.25) is 4.44 Å². The first-order valence-electron chi connectivity index (χ1n) is 2.47. The van der Waals surface area contributed by atoms with Gasteiger partial charge in [0.05, 0.1) is 0 Å². The molecule has 0 aliphatic rings. The summed E-state index contributed by atoms with van der Waals surface area (Å²) in [5, 5.41) is 16.6. The zero-order chi connectivity index (χ0) is 6.41. The zero-order valence-electron chi connectivity index (χ0n) is 4.47. The molecule has 4 heteroatoms. The number of aliphatic hydroxyl groups excluding tert-OH is 1. The van der Waals surface area contributed by atoms with E-state index in [0.717, 1.165) is 10.9 Å². The summed E-state index contributed by atoms with van der Waals surface area (Å²) in [7, 11) is 5.49. The van der Waals surface area contributed by atoms with Gasteiger partial charge in [0.1, 0.15) is 0 Å². The van der Waals surface area contributed by atoms with Crippen molar-refractivity contribution in [3.05, 3.63) is 0 Å². The van der Waals surface area contributed by atoms with Crippen LogP contribution in [0.25, 0.3) is 0 Å². The molecule has 0 aromatic carbocycles. The van der Waals surface area contributed by atoms with Crippen molar-refractivity contribution in [2.75, 3.05) is 0 Å². The van der Waals surface area contributed by atoms with Crippen molar-refractivity contribution in [3.63, 3.8) is 0 Å². The SMILES string of the molecule is OC(O)CC[CH2][Sn][Cl]. The van der Waals surface area contributed by atoms with Crippen molar-refractivity contribution < 1.29 is 10.2 Å². The van der Waals surface area contributed by atoms with Crippen molar-refractivity contribution in [1.29, 1.82) is 0 Å². The summed E-state index contributed by atoms with van der Waals surface area (Å²) >= 11 is -0.599. The fourth-order valence-electron chi connectivity index (χ4n) is 0.351. The standard InChI is InChI=1S/C4H9O2.ClH.Sn/c1-2-3-4(5)6;;/h4-6H,1-3H2;1H;/q;;+1/p-1. The van der Waals surface area contributed by atoms with Crippen LogP contribution in [0.4, 0.5) is 0 Å². The third-order valence-electron chi connectivity index (χ3n) is 0.734. The second-order valence-electron chi connectivity index (χ2n) is 1.51. The van der Waals surface area contributed by atoms with Crippen molar-refractivity contribution in [2.24, 2.45) is 0 Å². The van der Waals surface area contributed by atoms with Crippen LogP contribution in [-0.2, 0) is 0 Å². The minimum absolute atomic E-state index is 0.480. The van der Waals surface area contributed by atoms with Crippen LogP contribution in [0.15, 0.2) is 0 Å². The fraction of sp³-hybridized carbons (Fsp3) is 1.00. The molecule has 48 valence electrons. The van der Waals surface area contributed by atoms with Gasteiger partial charge in [0.15, 0.2) is 0 Å². The molecule has 2 N–H and O–H groups in total. The summed E-state index contributed by atoms with van der Waals surface area (Å²) in [5.41, 5.74) is 0. The molecule has 0 saturated heterocycles. The average molecular weight is 243 g/mol. The maximum absolute atomic E-state index is 8.31. The van der Waals surface area contributed by atoms with Crippen molar-refractivity contribution >= 4 is 28.9 Å². The Morgan fingerprint density at radius 3 is 2.50 bits per heavy atom. The molecular formula is C4H9ClO2Sn. The monoisotopic (exact) mass is 244 g/mol. The third-order valence-corrected chi connectivity index (χ3v) is 3.55. The Labute approximate surface area is 62.8 Å². The molecule has 0 aromatic heterocycles. The van der Waals surface area contributed by atoms with E-state index in [1.165, 1.54) is 0 Å². The summed E-state index contributed by atoms with van der Waals surface area (Å²) in [6, 6.07) is 0. The summed E-state index contributed by atoms with van der Waals surface area (Å²) < 4.78 is 1.03. The van der Waals surface area contributed by atoms with Gasteiger partial charge < -0.3 is 0 Å². The first-order valence-corrected chi connectivity index (χ1v) is 8.10. The third kappa shape index (κ3) is 7.01. The molecule has 0 amide bonds. The van der Waals surface area contributed by atoms with Gasteiger partial charge in [-0.3, -0.25) is 0 Å². The van der Waals surface area contributed by atoms with E-state index < -0.39 is 26.3 Å². The molecule has 0 unspecified atom stereocenters. The minimum atomic E-state index is -1.13. The fourth-order valence-corrected chi connectivity index (χ4v) is 2.21. The summed E-state index contributed by atoms with van der Waals surface area (Å²) in [6.07, 6.45) is 0.221. The molecule has 2 radical (unpaired) electrons. The molecule has 0 atom stereocenters. The first-order chi connectivity index (χ1) is 3.77. The number of aliphatic hydroxyl groups is 2. The van der Waals surface area contributed by atoms with Gasteiger partial charge in [-0.25, -0.2) is 0 Å². The molecule has 0 saturated carbocycles. The quantitative estimate of drug-likeness (QED) is 0.425. The molecule has 0 aliphatic heterocycles. The molecule has 0 heterocycles. The molecule has 0 fully saturated rings. The van der Waals surface area contributed by atoms with E-state index in [4.69, 9.17) is 19.1 Å². The molecule has 2 nitrogen and oxygen atoms in total. The first kappa shape index (κ1) is 9.01. The Balaban J connectivity index is 2.72. The van der Waals surface area contributed by atoms with Crippen LogP contribution in [0, 0.1) is 0 Å². The molecule has 0 aliphatic carbocycles. The second kappa shape index (κ2) is 6.13. The van der Waals surface area contributed by atoms with Crippen molar-refractivity contribution in [3.8, 4) is 0 Å². The van der Waals surface area contributed by atoms with E-state index in [1.807, 2.05) is 0 Å². The Morgan fingerprint density at radius 1 is 1.50 bits per heavy atom. The molecule has 0 aromatic rings. The Kier molecular flexibility index (Phi) is 6.91. The van der Waals surface area contributed by atoms with Crippen LogP contribution in [0.1, 0.15) is 12.8 Å². The maximum atomic E-state index is 8.31. The van der Waals surface area contributed by atoms with Gasteiger partial charge in [0.25, 0.3) is 0 Å². The van der Waals surface area contributed by atoms with Crippen molar-refractivity contribution in [1.82, 2.24) is 0 Å². The molecule has 0 spiro atoms. The Morgan fingerprint density at radius 2 is 2.12 bits per heavy atom. The predicted molar refractivity (Wildman–Crippen MR) is 33.9 cm³/mol. The van der Waals surface area contributed by atoms with Crippen LogP contribution in [-0.4, -0.2) is 36.5 Å². The van der Waals surface area contributed by atoms with Crippen LogP contribution < -0.4 is 0 Å². The van der Waals surface area contributed by atoms with E-state index >= 15 is 0 Å². The van der Waals surface area contributed by atoms with Gasteiger partial charge in [-0.2, -0.15) is 0 Å². The van der Waals surface area contributed by atoms with Gasteiger partial charge in [0, 0.05) is 0 Å². The molecule has 0 bridgehead atoms. The molecular weight excluding hydrogens is 234 g/mol. The zero-order valence-corrected chi connectivity index (χ0v) is 8.08. The number of rotatable bonds is 4. The molecule has 0 rings (SSSR count). The second-order valence-corrected chi connectivity index (χ2v) is 5.49. The van der Waals surface area contributed by atoms with E-state index in [2.05, 4.69) is 0 Å². The average Bonchev–Trinajstić information content (AvgIpc) is 1.66. The van der Waals surface area contributed by atoms with Gasteiger partial charge in [-0.15, -0.1) is 0 Å².